The Labute approximate surface area is 76.9 Å². The smallest absolute Gasteiger partial charge is 0.00172 e. The van der Waals surface area contributed by atoms with Gasteiger partial charge >= 0.3 is 0 Å². The Bertz CT molecular complexity index is 115. The fraction of sp³-hybridized carbons (Fsp3) is 1.00. The van der Waals surface area contributed by atoms with Gasteiger partial charge in [-0.2, -0.15) is 0 Å². The second-order valence-corrected chi connectivity index (χ2v) is 4.82. The van der Waals surface area contributed by atoms with Crippen molar-refractivity contribution in [1.29, 1.82) is 0 Å². The number of rotatable bonds is 3. The van der Waals surface area contributed by atoms with Crippen LogP contribution < -0.4 is 5.32 Å². The van der Waals surface area contributed by atoms with Crippen LogP contribution in [0.3, 0.4) is 0 Å². The zero-order chi connectivity index (χ0) is 9.14. The van der Waals surface area contributed by atoms with Gasteiger partial charge in [0.05, 0.1) is 0 Å². The predicted octanol–water partition coefficient (Wildman–Crippen LogP) is 2.52. The van der Waals surface area contributed by atoms with Gasteiger partial charge in [-0.05, 0) is 43.2 Å². The molecule has 1 N–H and O–H groups in total. The Morgan fingerprint density at radius 3 is 2.00 bits per heavy atom. The molecule has 1 rings (SSSR count). The first-order chi connectivity index (χ1) is 5.63. The minimum Gasteiger partial charge on any atom is -0.316 e. The summed E-state index contributed by atoms with van der Waals surface area (Å²) in [6.45, 7) is 11.9. The minimum atomic E-state index is 0.842. The molecular formula is C11H23N. The second-order valence-electron chi connectivity index (χ2n) is 4.82. The maximum absolute atomic E-state index is 3.46. The van der Waals surface area contributed by atoms with Gasteiger partial charge in [-0.25, -0.2) is 0 Å². The molecule has 1 heterocycles. The summed E-state index contributed by atoms with van der Waals surface area (Å²) in [4.78, 5) is 0. The Kier molecular flexibility index (Phi) is 3.57. The number of nitrogens with one attached hydrogen (secondary N) is 1. The van der Waals surface area contributed by atoms with Crippen molar-refractivity contribution >= 4 is 0 Å². The maximum Gasteiger partial charge on any atom is -0.00172 e. The Morgan fingerprint density at radius 1 is 1.08 bits per heavy atom. The highest BCUT2D eigenvalue weighted by Crippen LogP contribution is 2.31. The van der Waals surface area contributed by atoms with Crippen LogP contribution in [0.25, 0.3) is 0 Å². The van der Waals surface area contributed by atoms with Crippen molar-refractivity contribution < 1.29 is 0 Å². The van der Waals surface area contributed by atoms with Crippen LogP contribution in [0.2, 0.25) is 0 Å². The summed E-state index contributed by atoms with van der Waals surface area (Å²) in [5.41, 5.74) is 0. The van der Waals surface area contributed by atoms with E-state index in [0.717, 1.165) is 23.7 Å². The van der Waals surface area contributed by atoms with E-state index in [4.69, 9.17) is 0 Å². The van der Waals surface area contributed by atoms with Crippen molar-refractivity contribution in [2.45, 2.75) is 34.1 Å². The molecule has 72 valence electrons. The van der Waals surface area contributed by atoms with E-state index in [1.54, 1.807) is 0 Å². The number of hydrogen-bond acceptors (Lipinski definition) is 1. The van der Waals surface area contributed by atoms with Crippen molar-refractivity contribution in [2.75, 3.05) is 13.1 Å². The molecule has 0 aromatic heterocycles. The van der Waals surface area contributed by atoms with Gasteiger partial charge in [0.15, 0.2) is 0 Å². The van der Waals surface area contributed by atoms with Crippen LogP contribution in [-0.2, 0) is 0 Å². The van der Waals surface area contributed by atoms with Crippen molar-refractivity contribution in [3.63, 3.8) is 0 Å². The lowest BCUT2D eigenvalue weighted by atomic mass is 9.75. The highest BCUT2D eigenvalue weighted by Gasteiger charge is 2.29. The number of hydrogen-bond donors (Lipinski definition) is 1. The van der Waals surface area contributed by atoms with Crippen molar-refractivity contribution in [3.8, 4) is 0 Å². The van der Waals surface area contributed by atoms with Crippen LogP contribution in [0.5, 0.6) is 0 Å². The molecule has 1 aliphatic heterocycles. The first-order valence-electron chi connectivity index (χ1n) is 5.33. The second kappa shape index (κ2) is 4.27. The van der Waals surface area contributed by atoms with Crippen LogP contribution >= 0.6 is 0 Å². The summed E-state index contributed by atoms with van der Waals surface area (Å²) < 4.78 is 0. The molecule has 1 atom stereocenters. The Balaban J connectivity index is 2.52. The van der Waals surface area contributed by atoms with Gasteiger partial charge in [-0.1, -0.05) is 27.7 Å². The van der Waals surface area contributed by atoms with Gasteiger partial charge in [-0.3, -0.25) is 0 Å². The third kappa shape index (κ3) is 2.22. The zero-order valence-electron chi connectivity index (χ0n) is 8.93. The standard InChI is InChI=1S/C11H23N/c1-8(2)11(9(3)4)10-5-6-12-7-10/h8-12H,5-7H2,1-4H3. The summed E-state index contributed by atoms with van der Waals surface area (Å²) in [5.74, 6) is 3.54. The molecule has 0 radical (unpaired) electrons. The van der Waals surface area contributed by atoms with E-state index in [2.05, 4.69) is 33.0 Å². The van der Waals surface area contributed by atoms with E-state index in [1.807, 2.05) is 0 Å². The molecule has 0 aliphatic carbocycles. The summed E-state index contributed by atoms with van der Waals surface area (Å²) >= 11 is 0. The molecule has 1 fully saturated rings. The first kappa shape index (κ1) is 10.0. The molecule has 1 nitrogen and oxygen atoms in total. The van der Waals surface area contributed by atoms with Gasteiger partial charge in [-0.15, -0.1) is 0 Å². The van der Waals surface area contributed by atoms with E-state index < -0.39 is 0 Å². The van der Waals surface area contributed by atoms with Crippen LogP contribution in [0.15, 0.2) is 0 Å². The average molecular weight is 169 g/mol. The minimum absolute atomic E-state index is 0.842. The molecule has 0 saturated carbocycles. The molecule has 1 saturated heterocycles. The molecule has 1 aliphatic rings. The zero-order valence-corrected chi connectivity index (χ0v) is 8.93. The lowest BCUT2D eigenvalue weighted by Crippen LogP contribution is -2.26. The van der Waals surface area contributed by atoms with Gasteiger partial charge in [0.2, 0.25) is 0 Å². The van der Waals surface area contributed by atoms with Crippen molar-refractivity contribution in [3.05, 3.63) is 0 Å². The largest absolute Gasteiger partial charge is 0.316 e. The quantitative estimate of drug-likeness (QED) is 0.684. The van der Waals surface area contributed by atoms with Crippen LogP contribution in [0, 0.1) is 23.7 Å². The molecule has 12 heavy (non-hydrogen) atoms. The fourth-order valence-electron chi connectivity index (χ4n) is 2.86. The molecule has 0 spiro atoms. The van der Waals surface area contributed by atoms with E-state index in [0.29, 0.717) is 0 Å². The Morgan fingerprint density at radius 2 is 1.67 bits per heavy atom. The average Bonchev–Trinajstić information content (AvgIpc) is 2.37. The van der Waals surface area contributed by atoms with E-state index >= 15 is 0 Å². The van der Waals surface area contributed by atoms with E-state index in [9.17, 15) is 0 Å². The van der Waals surface area contributed by atoms with Gasteiger partial charge in [0.25, 0.3) is 0 Å². The lowest BCUT2D eigenvalue weighted by Gasteiger charge is -2.30. The highest BCUT2D eigenvalue weighted by atomic mass is 14.9. The monoisotopic (exact) mass is 169 g/mol. The third-order valence-electron chi connectivity index (χ3n) is 3.18. The molecular weight excluding hydrogens is 146 g/mol. The summed E-state index contributed by atoms with van der Waals surface area (Å²) in [5, 5.41) is 3.46. The van der Waals surface area contributed by atoms with Gasteiger partial charge in [0, 0.05) is 0 Å². The molecule has 0 amide bonds. The molecule has 0 bridgehead atoms. The van der Waals surface area contributed by atoms with Gasteiger partial charge in [0.1, 0.15) is 0 Å². The van der Waals surface area contributed by atoms with Crippen LogP contribution in [0.1, 0.15) is 34.1 Å². The highest BCUT2D eigenvalue weighted by molar-refractivity contribution is 4.81. The summed E-state index contributed by atoms with van der Waals surface area (Å²) in [7, 11) is 0. The van der Waals surface area contributed by atoms with E-state index in [1.165, 1.54) is 19.5 Å². The van der Waals surface area contributed by atoms with Crippen LogP contribution in [-0.4, -0.2) is 13.1 Å². The summed E-state index contributed by atoms with van der Waals surface area (Å²) in [6, 6.07) is 0. The lowest BCUT2D eigenvalue weighted by molar-refractivity contribution is 0.198. The van der Waals surface area contributed by atoms with E-state index in [-0.39, 0.29) is 0 Å². The maximum atomic E-state index is 3.46. The first-order valence-corrected chi connectivity index (χ1v) is 5.33. The SMILES string of the molecule is CC(C)C(C(C)C)C1CCNC1. The molecule has 0 aromatic carbocycles. The molecule has 1 heteroatoms. The van der Waals surface area contributed by atoms with Gasteiger partial charge < -0.3 is 5.32 Å². The normalized spacial score (nSPS) is 24.8. The van der Waals surface area contributed by atoms with Crippen LogP contribution in [0.4, 0.5) is 0 Å². The molecule has 1 unspecified atom stereocenters. The fourth-order valence-corrected chi connectivity index (χ4v) is 2.86. The predicted molar refractivity (Wildman–Crippen MR) is 54.1 cm³/mol. The summed E-state index contributed by atoms with van der Waals surface area (Å²) in [6.07, 6.45) is 1.39. The van der Waals surface area contributed by atoms with Crippen molar-refractivity contribution in [1.82, 2.24) is 5.32 Å². The van der Waals surface area contributed by atoms with Crippen molar-refractivity contribution in [2.24, 2.45) is 23.7 Å². The Hall–Kier alpha value is -0.0400. The third-order valence-corrected chi connectivity index (χ3v) is 3.18. The topological polar surface area (TPSA) is 12.0 Å². The molecule has 0 aromatic rings.